The predicted octanol–water partition coefficient (Wildman–Crippen LogP) is 1.24. The molecule has 0 aromatic heterocycles. The topological polar surface area (TPSA) is 26.0 Å². The van der Waals surface area contributed by atoms with Crippen LogP contribution in [0.15, 0.2) is 91.0 Å². The molecule has 0 aliphatic carbocycles. The number of hydrogen-bond donors (Lipinski definition) is 1. The Labute approximate surface area is 155 Å². The van der Waals surface area contributed by atoms with Crippen molar-refractivity contribution in [1.82, 2.24) is 0 Å². The van der Waals surface area contributed by atoms with Crippen molar-refractivity contribution in [2.75, 3.05) is 0 Å². The van der Waals surface area contributed by atoms with Crippen molar-refractivity contribution in [2.45, 2.75) is 0 Å². The smallest absolute Gasteiger partial charge is 0.175 e. The second kappa shape index (κ2) is 9.61. The van der Waals surface area contributed by atoms with Crippen molar-refractivity contribution in [1.29, 1.82) is 0 Å². The van der Waals surface area contributed by atoms with Gasteiger partial charge in [0.1, 0.15) is 15.9 Å². The van der Waals surface area contributed by atoms with E-state index in [4.69, 9.17) is 23.3 Å². The van der Waals surface area contributed by atoms with Gasteiger partial charge in [-0.25, -0.2) is 0 Å². The third kappa shape index (κ3) is 4.68. The minimum absolute atomic E-state index is 0.466. The van der Waals surface area contributed by atoms with E-state index in [2.05, 4.69) is 72.8 Å². The summed E-state index contributed by atoms with van der Waals surface area (Å²) in [7, 11) is 7.72. The Kier molecular flexibility index (Phi) is 7.81. The maximum absolute atomic E-state index is 6.97. The van der Waals surface area contributed by atoms with Crippen LogP contribution in [-0.4, -0.2) is 0 Å². The third-order valence-corrected chi connectivity index (χ3v) is 6.83. The van der Waals surface area contributed by atoms with Crippen LogP contribution in [0, 0.1) is 0 Å². The first-order chi connectivity index (χ1) is 11.2. The molecule has 0 aliphatic rings. The van der Waals surface area contributed by atoms with Crippen LogP contribution < -0.4 is 40.4 Å². The molecule has 3 aromatic rings. The summed E-state index contributed by atoms with van der Waals surface area (Å²) < 4.78 is 0. The van der Waals surface area contributed by atoms with Crippen LogP contribution in [0.2, 0.25) is 0 Å². The zero-order valence-electron chi connectivity index (χ0n) is 12.3. The molecule has 3 rings (SSSR count). The van der Waals surface area contributed by atoms with E-state index < -0.39 is 26.4 Å². The molecule has 3 aromatic carbocycles. The maximum atomic E-state index is 6.97. The first kappa shape index (κ1) is 18.7. The molecule has 0 saturated heterocycles. The van der Waals surface area contributed by atoms with Gasteiger partial charge < -0.3 is 0 Å². The molecule has 0 saturated carbocycles. The maximum Gasteiger partial charge on any atom is 0.175 e. The number of halogens is 3. The monoisotopic (exact) mass is 475 g/mol. The fourth-order valence-corrected chi connectivity index (χ4v) is 5.26. The average Bonchev–Trinajstić information content (AvgIpc) is 2.64. The molecule has 0 amide bonds. The zero-order valence-corrected chi connectivity index (χ0v) is 16.9. The van der Waals surface area contributed by atoms with Crippen LogP contribution in [0.25, 0.3) is 0 Å². The van der Waals surface area contributed by atoms with Crippen LogP contribution >= 0.6 is 25.2 Å². The van der Waals surface area contributed by atoms with E-state index in [-0.39, 0.29) is 0 Å². The van der Waals surface area contributed by atoms with Crippen molar-refractivity contribution < 1.29 is 18.9 Å². The fourth-order valence-electron chi connectivity index (χ4n) is 2.44. The summed E-state index contributed by atoms with van der Waals surface area (Å²) in [6, 6.07) is 31.2. The quantitative estimate of drug-likeness (QED) is 0.447. The molecule has 0 unspecified atom stereocenters. The van der Waals surface area contributed by atoms with E-state index in [0.717, 1.165) is 0 Å². The van der Waals surface area contributed by atoms with Gasteiger partial charge in [0.15, 0.2) is 7.41 Å². The minimum Gasteiger partial charge on any atom is -0.191 e. The molecule has 0 radical (unpaired) electrons. The first-order valence-corrected chi connectivity index (χ1v) is 14.3. The molecular weight excluding hydrogens is 459 g/mol. The van der Waals surface area contributed by atoms with E-state index in [1.807, 2.05) is 18.2 Å². The molecule has 120 valence electrons. The first-order valence-electron chi connectivity index (χ1n) is 6.95. The summed E-state index contributed by atoms with van der Waals surface area (Å²) in [4.78, 5) is 0. The molecule has 0 spiro atoms. The van der Waals surface area contributed by atoms with E-state index >= 15 is 0 Å². The number of rotatable bonds is 3. The molecule has 0 heterocycles. The Morgan fingerprint density at radius 1 is 0.565 bits per heavy atom. The molecule has 0 fully saturated rings. The Morgan fingerprint density at radius 3 is 1.00 bits per heavy atom. The normalized spacial score (nSPS) is 10.7. The Bertz CT molecular complexity index is 599. The molecule has 2 N–H and O–H groups in total. The Hall–Kier alpha value is -0.640. The van der Waals surface area contributed by atoms with E-state index in [9.17, 15) is 0 Å². The number of hydrogen-bond acceptors (Lipinski definition) is 1. The van der Waals surface area contributed by atoms with Crippen molar-refractivity contribution in [3.8, 4) is 0 Å². The molecule has 0 atom stereocenters. The number of benzene rings is 3. The van der Waals surface area contributed by atoms with Gasteiger partial charge in [-0.15, -0.1) is 0 Å². The number of nitrogens with two attached hydrogens (primary N) is 1. The molecule has 0 bridgehead atoms. The van der Waals surface area contributed by atoms with Crippen LogP contribution in [-0.2, 0) is 0 Å². The van der Waals surface area contributed by atoms with Crippen molar-refractivity contribution in [2.24, 2.45) is 5.50 Å². The van der Waals surface area contributed by atoms with Gasteiger partial charge in [0.2, 0.25) is 0 Å². The fraction of sp³-hybridized carbons (Fsp3) is 0. The average molecular weight is 476 g/mol. The van der Waals surface area contributed by atoms with Gasteiger partial charge in [-0.05, 0) is 36.4 Å². The predicted molar refractivity (Wildman–Crippen MR) is 101 cm³/mol. The van der Waals surface area contributed by atoms with Crippen LogP contribution in [0.4, 0.5) is 0 Å². The third-order valence-electron chi connectivity index (χ3n) is 3.49. The summed E-state index contributed by atoms with van der Waals surface area (Å²) in [6.45, 7) is 0. The second-order valence-corrected chi connectivity index (χ2v) is 11.0. The van der Waals surface area contributed by atoms with Gasteiger partial charge in [0.05, 0.1) is 0 Å². The Balaban J connectivity index is 0.000000595. The van der Waals surface area contributed by atoms with E-state index in [1.165, 1.54) is 15.9 Å². The molecular formula is C18H17Cl2INP. The van der Waals surface area contributed by atoms with Crippen LogP contribution in [0.1, 0.15) is 0 Å². The SMILES string of the molecule is Cl[I-]Cl.N[P+](c1ccccc1)(c1ccccc1)c1ccccc1. The largest absolute Gasteiger partial charge is 0.191 e. The molecule has 23 heavy (non-hydrogen) atoms. The van der Waals surface area contributed by atoms with E-state index in [0.29, 0.717) is 0 Å². The summed E-state index contributed by atoms with van der Waals surface area (Å²) in [5.74, 6) is 0. The van der Waals surface area contributed by atoms with E-state index in [1.54, 1.807) is 0 Å². The second-order valence-electron chi connectivity index (χ2n) is 4.78. The summed E-state index contributed by atoms with van der Waals surface area (Å²) in [5, 5.41) is 3.62. The van der Waals surface area contributed by atoms with Gasteiger partial charge in [0, 0.05) is 0 Å². The van der Waals surface area contributed by atoms with Crippen molar-refractivity contribution in [3.63, 3.8) is 0 Å². The molecule has 1 nitrogen and oxygen atoms in total. The van der Waals surface area contributed by atoms with Gasteiger partial charge in [0.25, 0.3) is 0 Å². The van der Waals surface area contributed by atoms with Crippen LogP contribution in [0.5, 0.6) is 0 Å². The van der Waals surface area contributed by atoms with Gasteiger partial charge in [-0.2, -0.15) is 5.50 Å². The summed E-state index contributed by atoms with van der Waals surface area (Å²) >= 11 is -0.466. The van der Waals surface area contributed by atoms with Crippen LogP contribution in [0.3, 0.4) is 0 Å². The molecule has 0 aliphatic heterocycles. The standard InChI is InChI=1S/C18H17NP.Cl2I/c19-20(16-10-4-1-5-11-16,17-12-6-2-7-13-17)18-14-8-3-9-15-18;1-3-2/h1-15H,19H2;/q+1;-1. The summed E-state index contributed by atoms with van der Waals surface area (Å²) in [6.07, 6.45) is 0. The van der Waals surface area contributed by atoms with Gasteiger partial charge in [-0.3, -0.25) is 0 Å². The Morgan fingerprint density at radius 2 is 0.783 bits per heavy atom. The van der Waals surface area contributed by atoms with Crippen molar-refractivity contribution >= 4 is 41.1 Å². The van der Waals surface area contributed by atoms with Gasteiger partial charge in [-0.1, -0.05) is 54.6 Å². The minimum atomic E-state index is -2.03. The van der Waals surface area contributed by atoms with Gasteiger partial charge >= 0.3 is 36.8 Å². The molecule has 5 heteroatoms. The van der Waals surface area contributed by atoms with Crippen molar-refractivity contribution in [3.05, 3.63) is 91.0 Å². The zero-order chi connectivity index (χ0) is 16.5. The summed E-state index contributed by atoms with van der Waals surface area (Å²) in [5.41, 5.74) is 6.97.